The topological polar surface area (TPSA) is 16.1 Å². The Kier molecular flexibility index (Phi) is 2.33. The maximum atomic E-state index is 4.17. The van der Waals surface area contributed by atoms with Crippen LogP contribution in [0.3, 0.4) is 0 Å². The van der Waals surface area contributed by atoms with Crippen LogP contribution in [0.25, 0.3) is 0 Å². The number of hydrogen-bond acceptors (Lipinski definition) is 2. The number of nitrogens with zero attached hydrogens (tertiary/aromatic N) is 2. The first kappa shape index (κ1) is 9.40. The van der Waals surface area contributed by atoms with Crippen LogP contribution in [0.1, 0.15) is 11.1 Å². The molecule has 1 aliphatic heterocycles. The first-order valence-corrected chi connectivity index (χ1v) is 5.65. The van der Waals surface area contributed by atoms with Crippen molar-refractivity contribution in [2.45, 2.75) is 13.0 Å². The van der Waals surface area contributed by atoms with Gasteiger partial charge >= 0.3 is 0 Å². The lowest BCUT2D eigenvalue weighted by atomic mass is 10.00. The molecule has 2 heteroatoms. The summed E-state index contributed by atoms with van der Waals surface area (Å²) in [5.74, 6) is 0. The van der Waals surface area contributed by atoms with E-state index in [1.54, 1.807) is 0 Å². The fourth-order valence-corrected chi connectivity index (χ4v) is 2.26. The van der Waals surface area contributed by atoms with E-state index < -0.39 is 0 Å². The van der Waals surface area contributed by atoms with Crippen molar-refractivity contribution >= 4 is 5.69 Å². The number of fused-ring (bicyclic) bond motifs is 1. The van der Waals surface area contributed by atoms with Crippen molar-refractivity contribution in [3.05, 3.63) is 59.9 Å². The Morgan fingerprint density at radius 2 is 1.88 bits per heavy atom. The van der Waals surface area contributed by atoms with Gasteiger partial charge in [0.2, 0.25) is 0 Å². The Bertz CT molecular complexity index is 479. The third-order valence-corrected chi connectivity index (χ3v) is 3.14. The molecule has 2 heterocycles. The Morgan fingerprint density at radius 3 is 2.69 bits per heavy atom. The summed E-state index contributed by atoms with van der Waals surface area (Å²) in [5.41, 5.74) is 4.15. The highest BCUT2D eigenvalue weighted by Gasteiger charge is 2.15. The Labute approximate surface area is 95.6 Å². The van der Waals surface area contributed by atoms with Gasteiger partial charge in [0.1, 0.15) is 0 Å². The smallest absolute Gasteiger partial charge is 0.0555 e. The van der Waals surface area contributed by atoms with Crippen LogP contribution in [0.2, 0.25) is 0 Å². The first-order chi connectivity index (χ1) is 7.93. The largest absolute Gasteiger partial charge is 0.366 e. The molecular weight excluding hydrogens is 196 g/mol. The van der Waals surface area contributed by atoms with Crippen molar-refractivity contribution in [3.8, 4) is 0 Å². The number of hydrogen-bond donors (Lipinski definition) is 0. The molecule has 16 heavy (non-hydrogen) atoms. The summed E-state index contributed by atoms with van der Waals surface area (Å²) in [6.07, 6.45) is 4.89. The minimum absolute atomic E-state index is 1.00. The second-order valence-electron chi connectivity index (χ2n) is 4.15. The lowest BCUT2D eigenvalue weighted by molar-refractivity contribution is 0.730. The molecule has 1 aromatic heterocycles. The van der Waals surface area contributed by atoms with Crippen molar-refractivity contribution in [2.24, 2.45) is 0 Å². The summed E-state index contributed by atoms with van der Waals surface area (Å²) in [6.45, 7) is 2.09. The summed E-state index contributed by atoms with van der Waals surface area (Å²) in [7, 11) is 0. The van der Waals surface area contributed by atoms with E-state index >= 15 is 0 Å². The van der Waals surface area contributed by atoms with E-state index in [1.165, 1.54) is 16.8 Å². The van der Waals surface area contributed by atoms with Gasteiger partial charge in [0.05, 0.1) is 11.9 Å². The van der Waals surface area contributed by atoms with Gasteiger partial charge in [-0.25, -0.2) is 0 Å². The molecule has 0 N–H and O–H groups in total. The van der Waals surface area contributed by atoms with E-state index in [4.69, 9.17) is 0 Å². The molecule has 0 spiro atoms. The van der Waals surface area contributed by atoms with Crippen LogP contribution in [-0.2, 0) is 13.0 Å². The number of benzene rings is 1. The summed E-state index contributed by atoms with van der Waals surface area (Å²) in [5, 5.41) is 0. The second-order valence-corrected chi connectivity index (χ2v) is 4.15. The minimum Gasteiger partial charge on any atom is -0.366 e. The molecule has 0 unspecified atom stereocenters. The highest BCUT2D eigenvalue weighted by molar-refractivity contribution is 5.47. The lowest BCUT2D eigenvalue weighted by Gasteiger charge is -2.30. The molecular formula is C14H14N2. The average molecular weight is 210 g/mol. The Hall–Kier alpha value is -1.83. The van der Waals surface area contributed by atoms with E-state index in [0.29, 0.717) is 0 Å². The molecule has 0 amide bonds. The van der Waals surface area contributed by atoms with E-state index in [1.807, 2.05) is 18.5 Å². The first-order valence-electron chi connectivity index (χ1n) is 5.65. The monoisotopic (exact) mass is 210 g/mol. The second kappa shape index (κ2) is 3.97. The predicted molar refractivity (Wildman–Crippen MR) is 65.4 cm³/mol. The van der Waals surface area contributed by atoms with Gasteiger partial charge in [-0.05, 0) is 29.7 Å². The van der Waals surface area contributed by atoms with Gasteiger partial charge in [-0.3, -0.25) is 4.98 Å². The Morgan fingerprint density at radius 1 is 1.00 bits per heavy atom. The number of aromatic nitrogens is 1. The third-order valence-electron chi connectivity index (χ3n) is 3.14. The van der Waals surface area contributed by atoms with Crippen molar-refractivity contribution < 1.29 is 0 Å². The molecule has 0 bridgehead atoms. The summed E-state index contributed by atoms with van der Waals surface area (Å²) < 4.78 is 0. The zero-order valence-corrected chi connectivity index (χ0v) is 9.13. The van der Waals surface area contributed by atoms with E-state index in [9.17, 15) is 0 Å². The van der Waals surface area contributed by atoms with Crippen LogP contribution in [-0.4, -0.2) is 11.5 Å². The molecule has 0 saturated heterocycles. The lowest BCUT2D eigenvalue weighted by Crippen LogP contribution is -2.30. The van der Waals surface area contributed by atoms with Gasteiger partial charge in [0.25, 0.3) is 0 Å². The summed E-state index contributed by atoms with van der Waals surface area (Å²) in [6, 6.07) is 12.8. The molecule has 80 valence electrons. The molecule has 2 nitrogen and oxygen atoms in total. The van der Waals surface area contributed by atoms with E-state index in [0.717, 1.165) is 19.5 Å². The maximum Gasteiger partial charge on any atom is 0.0555 e. The quantitative estimate of drug-likeness (QED) is 0.719. The van der Waals surface area contributed by atoms with Crippen molar-refractivity contribution in [2.75, 3.05) is 11.4 Å². The van der Waals surface area contributed by atoms with Gasteiger partial charge < -0.3 is 4.90 Å². The highest BCUT2D eigenvalue weighted by Crippen LogP contribution is 2.23. The molecule has 0 fully saturated rings. The fourth-order valence-electron chi connectivity index (χ4n) is 2.26. The van der Waals surface area contributed by atoms with Crippen molar-refractivity contribution in [1.29, 1.82) is 0 Å². The van der Waals surface area contributed by atoms with Gasteiger partial charge in [-0.1, -0.05) is 24.3 Å². The standard InChI is InChI=1S/C14H14N2/c1-2-5-13-11-16(9-7-12(13)4-1)14-6-3-8-15-10-14/h1-6,8,10H,7,9,11H2. The van der Waals surface area contributed by atoms with Gasteiger partial charge in [0.15, 0.2) is 0 Å². The van der Waals surface area contributed by atoms with Crippen LogP contribution in [0, 0.1) is 0 Å². The zero-order chi connectivity index (χ0) is 10.8. The normalized spacial score (nSPS) is 14.6. The molecule has 1 aliphatic rings. The highest BCUT2D eigenvalue weighted by atomic mass is 15.1. The third kappa shape index (κ3) is 1.67. The molecule has 0 saturated carbocycles. The van der Waals surface area contributed by atoms with Crippen LogP contribution in [0.15, 0.2) is 48.8 Å². The van der Waals surface area contributed by atoms with Crippen LogP contribution >= 0.6 is 0 Å². The summed E-state index contributed by atoms with van der Waals surface area (Å²) >= 11 is 0. The average Bonchev–Trinajstić information content (AvgIpc) is 2.39. The molecule has 3 rings (SSSR count). The number of rotatable bonds is 1. The van der Waals surface area contributed by atoms with Crippen molar-refractivity contribution in [3.63, 3.8) is 0 Å². The molecule has 0 radical (unpaired) electrons. The van der Waals surface area contributed by atoms with E-state index in [-0.39, 0.29) is 0 Å². The summed E-state index contributed by atoms with van der Waals surface area (Å²) in [4.78, 5) is 6.56. The number of pyridine rings is 1. The van der Waals surface area contributed by atoms with Gasteiger partial charge in [-0.2, -0.15) is 0 Å². The number of anilines is 1. The Balaban J connectivity index is 1.89. The van der Waals surface area contributed by atoms with E-state index in [2.05, 4.69) is 40.2 Å². The van der Waals surface area contributed by atoms with Gasteiger partial charge in [0, 0.05) is 19.3 Å². The molecule has 2 aromatic rings. The van der Waals surface area contributed by atoms with Gasteiger partial charge in [-0.15, -0.1) is 0 Å². The molecule has 1 aromatic carbocycles. The van der Waals surface area contributed by atoms with Crippen LogP contribution in [0.5, 0.6) is 0 Å². The van der Waals surface area contributed by atoms with Crippen LogP contribution < -0.4 is 4.90 Å². The maximum absolute atomic E-state index is 4.17. The predicted octanol–water partition coefficient (Wildman–Crippen LogP) is 2.64. The van der Waals surface area contributed by atoms with Crippen LogP contribution in [0.4, 0.5) is 5.69 Å². The SMILES string of the molecule is c1cncc(N2CCc3ccccc3C2)c1. The molecule has 0 aliphatic carbocycles. The fraction of sp³-hybridized carbons (Fsp3) is 0.214. The zero-order valence-electron chi connectivity index (χ0n) is 9.13. The molecule has 0 atom stereocenters. The minimum atomic E-state index is 1.00. The van der Waals surface area contributed by atoms with Crippen molar-refractivity contribution in [1.82, 2.24) is 4.98 Å².